The van der Waals surface area contributed by atoms with Gasteiger partial charge in [0, 0.05) is 10.8 Å². The van der Waals surface area contributed by atoms with Crippen LogP contribution in [0.3, 0.4) is 0 Å². The second-order valence-electron chi connectivity index (χ2n) is 2.69. The highest BCUT2D eigenvalue weighted by atomic mass is 35.5. The van der Waals surface area contributed by atoms with Crippen LogP contribution in [-0.4, -0.2) is 4.98 Å². The standard InChI is InChI=1S/C9H6ClFN2/c10-9-6-2-1-5(11)3-7(6)8(12)4-13-9/h1-4H,12H2. The highest BCUT2D eigenvalue weighted by Gasteiger charge is 2.04. The van der Waals surface area contributed by atoms with E-state index in [1.54, 1.807) is 6.07 Å². The molecule has 66 valence electrons. The molecule has 0 aliphatic heterocycles. The number of aromatic nitrogens is 1. The summed E-state index contributed by atoms with van der Waals surface area (Å²) in [5.41, 5.74) is 6.04. The van der Waals surface area contributed by atoms with Gasteiger partial charge < -0.3 is 5.73 Å². The molecule has 0 unspecified atom stereocenters. The molecule has 2 rings (SSSR count). The van der Waals surface area contributed by atoms with Crippen LogP contribution in [0, 0.1) is 5.82 Å². The van der Waals surface area contributed by atoms with Crippen LogP contribution in [0.15, 0.2) is 24.4 Å². The van der Waals surface area contributed by atoms with Gasteiger partial charge in [-0.1, -0.05) is 11.6 Å². The maximum atomic E-state index is 12.8. The van der Waals surface area contributed by atoms with Crippen molar-refractivity contribution in [3.63, 3.8) is 0 Å². The van der Waals surface area contributed by atoms with Crippen LogP contribution in [0.4, 0.5) is 10.1 Å². The Morgan fingerprint density at radius 3 is 2.85 bits per heavy atom. The largest absolute Gasteiger partial charge is 0.397 e. The minimum Gasteiger partial charge on any atom is -0.397 e. The average molecular weight is 197 g/mol. The summed E-state index contributed by atoms with van der Waals surface area (Å²) >= 11 is 5.79. The molecule has 0 atom stereocenters. The minimum atomic E-state index is -0.332. The third-order valence-electron chi connectivity index (χ3n) is 1.83. The summed E-state index contributed by atoms with van der Waals surface area (Å²) in [7, 11) is 0. The highest BCUT2D eigenvalue weighted by Crippen LogP contribution is 2.26. The SMILES string of the molecule is Nc1cnc(Cl)c2ccc(F)cc12. The Labute approximate surface area is 79.1 Å². The van der Waals surface area contributed by atoms with Gasteiger partial charge in [-0.05, 0) is 18.2 Å². The first kappa shape index (κ1) is 8.26. The second kappa shape index (κ2) is 2.85. The minimum absolute atomic E-state index is 0.332. The van der Waals surface area contributed by atoms with Crippen LogP contribution in [0.25, 0.3) is 10.8 Å². The number of anilines is 1. The maximum Gasteiger partial charge on any atom is 0.136 e. The number of nitrogen functional groups attached to an aromatic ring is 1. The molecule has 13 heavy (non-hydrogen) atoms. The van der Waals surface area contributed by atoms with Crippen LogP contribution in [-0.2, 0) is 0 Å². The van der Waals surface area contributed by atoms with Gasteiger partial charge in [-0.3, -0.25) is 0 Å². The molecule has 2 N–H and O–H groups in total. The topological polar surface area (TPSA) is 38.9 Å². The first-order valence-electron chi connectivity index (χ1n) is 3.68. The summed E-state index contributed by atoms with van der Waals surface area (Å²) in [6.45, 7) is 0. The summed E-state index contributed by atoms with van der Waals surface area (Å²) in [5, 5.41) is 1.60. The Bertz CT molecular complexity index is 470. The van der Waals surface area contributed by atoms with Crippen molar-refractivity contribution in [2.24, 2.45) is 0 Å². The lowest BCUT2D eigenvalue weighted by molar-refractivity contribution is 0.630. The Hall–Kier alpha value is -1.35. The van der Waals surface area contributed by atoms with Crippen LogP contribution in [0.1, 0.15) is 0 Å². The zero-order valence-electron chi connectivity index (χ0n) is 6.59. The zero-order valence-corrected chi connectivity index (χ0v) is 7.35. The lowest BCUT2D eigenvalue weighted by atomic mass is 10.1. The van der Waals surface area contributed by atoms with Gasteiger partial charge in [0.1, 0.15) is 11.0 Å². The average Bonchev–Trinajstić information content (AvgIpc) is 2.12. The van der Waals surface area contributed by atoms with E-state index in [0.717, 1.165) is 0 Å². The van der Waals surface area contributed by atoms with Gasteiger partial charge in [-0.25, -0.2) is 9.37 Å². The number of nitrogens with two attached hydrogens (primary N) is 1. The fourth-order valence-electron chi connectivity index (χ4n) is 1.20. The molecule has 0 saturated heterocycles. The zero-order chi connectivity index (χ0) is 9.42. The van der Waals surface area contributed by atoms with Gasteiger partial charge in [-0.2, -0.15) is 0 Å². The van der Waals surface area contributed by atoms with Crippen LogP contribution >= 0.6 is 11.6 Å². The molecule has 1 aromatic heterocycles. The van der Waals surface area contributed by atoms with E-state index in [0.29, 0.717) is 21.6 Å². The third kappa shape index (κ3) is 1.31. The summed E-state index contributed by atoms with van der Waals surface area (Å²) in [4.78, 5) is 3.85. The second-order valence-corrected chi connectivity index (χ2v) is 3.05. The third-order valence-corrected chi connectivity index (χ3v) is 2.13. The van der Waals surface area contributed by atoms with Crippen molar-refractivity contribution in [1.29, 1.82) is 0 Å². The number of halogens is 2. The number of fused-ring (bicyclic) bond motifs is 1. The normalized spacial score (nSPS) is 10.6. The molecule has 2 nitrogen and oxygen atoms in total. The van der Waals surface area contributed by atoms with E-state index in [-0.39, 0.29) is 5.82 Å². The van der Waals surface area contributed by atoms with Crippen molar-refractivity contribution in [3.05, 3.63) is 35.4 Å². The molecule has 1 heterocycles. The summed E-state index contributed by atoms with van der Waals surface area (Å²) in [5.74, 6) is -0.332. The van der Waals surface area contributed by atoms with Gasteiger partial charge in [0.05, 0.1) is 11.9 Å². The number of benzene rings is 1. The van der Waals surface area contributed by atoms with E-state index in [1.165, 1.54) is 18.3 Å². The molecular weight excluding hydrogens is 191 g/mol. The molecule has 0 bridgehead atoms. The molecule has 0 radical (unpaired) electrons. The number of hydrogen-bond acceptors (Lipinski definition) is 2. The predicted molar refractivity (Wildman–Crippen MR) is 51.1 cm³/mol. The first-order chi connectivity index (χ1) is 6.18. The van der Waals surface area contributed by atoms with Gasteiger partial charge in [0.25, 0.3) is 0 Å². The number of nitrogens with zero attached hydrogens (tertiary/aromatic N) is 1. The van der Waals surface area contributed by atoms with Gasteiger partial charge in [-0.15, -0.1) is 0 Å². The predicted octanol–water partition coefficient (Wildman–Crippen LogP) is 2.61. The Morgan fingerprint density at radius 1 is 1.31 bits per heavy atom. The van der Waals surface area contributed by atoms with Crippen LogP contribution in [0.5, 0.6) is 0 Å². The maximum absolute atomic E-state index is 12.8. The smallest absolute Gasteiger partial charge is 0.136 e. The highest BCUT2D eigenvalue weighted by molar-refractivity contribution is 6.34. The number of pyridine rings is 1. The van der Waals surface area contributed by atoms with Crippen molar-refractivity contribution in [2.75, 3.05) is 5.73 Å². The monoisotopic (exact) mass is 196 g/mol. The lowest BCUT2D eigenvalue weighted by Gasteiger charge is -2.02. The molecule has 2 aromatic rings. The van der Waals surface area contributed by atoms with E-state index >= 15 is 0 Å². The van der Waals surface area contributed by atoms with E-state index in [2.05, 4.69) is 4.98 Å². The Morgan fingerprint density at radius 2 is 2.08 bits per heavy atom. The van der Waals surface area contributed by atoms with Crippen molar-refractivity contribution in [3.8, 4) is 0 Å². The molecule has 0 fully saturated rings. The van der Waals surface area contributed by atoms with Crippen LogP contribution < -0.4 is 5.73 Å². The fraction of sp³-hybridized carbons (Fsp3) is 0. The summed E-state index contributed by atoms with van der Waals surface area (Å²) in [6, 6.07) is 4.24. The molecule has 0 saturated carbocycles. The summed E-state index contributed by atoms with van der Waals surface area (Å²) in [6.07, 6.45) is 1.42. The van der Waals surface area contributed by atoms with Gasteiger partial charge in [0.15, 0.2) is 0 Å². The van der Waals surface area contributed by atoms with Crippen molar-refractivity contribution in [2.45, 2.75) is 0 Å². The lowest BCUT2D eigenvalue weighted by Crippen LogP contribution is -1.90. The van der Waals surface area contributed by atoms with E-state index < -0.39 is 0 Å². The summed E-state index contributed by atoms with van der Waals surface area (Å²) < 4.78 is 12.8. The van der Waals surface area contributed by atoms with Gasteiger partial charge >= 0.3 is 0 Å². The van der Waals surface area contributed by atoms with E-state index in [9.17, 15) is 4.39 Å². The number of hydrogen-bond donors (Lipinski definition) is 1. The quantitative estimate of drug-likeness (QED) is 0.658. The number of rotatable bonds is 0. The Kier molecular flexibility index (Phi) is 1.81. The Balaban J connectivity index is 2.92. The molecular formula is C9H6ClFN2. The van der Waals surface area contributed by atoms with Gasteiger partial charge in [0.2, 0.25) is 0 Å². The van der Waals surface area contributed by atoms with E-state index in [4.69, 9.17) is 17.3 Å². The molecule has 0 aliphatic carbocycles. The molecule has 0 spiro atoms. The van der Waals surface area contributed by atoms with Crippen molar-refractivity contribution in [1.82, 2.24) is 4.98 Å². The molecule has 0 amide bonds. The van der Waals surface area contributed by atoms with Crippen LogP contribution in [0.2, 0.25) is 5.15 Å². The van der Waals surface area contributed by atoms with Crippen molar-refractivity contribution >= 4 is 28.1 Å². The van der Waals surface area contributed by atoms with Crippen molar-refractivity contribution < 1.29 is 4.39 Å². The first-order valence-corrected chi connectivity index (χ1v) is 4.05. The molecule has 4 heteroatoms. The van der Waals surface area contributed by atoms with E-state index in [1.807, 2.05) is 0 Å². The molecule has 0 aliphatic rings. The molecule has 1 aromatic carbocycles. The fourth-order valence-corrected chi connectivity index (χ4v) is 1.41.